The molecule has 0 aliphatic rings. The monoisotopic (exact) mass is 321 g/mol. The highest BCUT2D eigenvalue weighted by molar-refractivity contribution is 6.31. The third kappa shape index (κ3) is 3.74. The van der Waals surface area contributed by atoms with E-state index in [0.717, 1.165) is 5.56 Å². The molecule has 0 aliphatic carbocycles. The Labute approximate surface area is 122 Å². The standard InChI is InChI=1S/C12H8Cl2F3N3/c13-8-4-2-1-3-7(8)6-18-10-5-9(14)19-11(20-10)12(15,16)17/h1-5H,6H2,(H,18,19,20). The van der Waals surface area contributed by atoms with E-state index in [-0.39, 0.29) is 17.5 Å². The molecule has 1 heterocycles. The van der Waals surface area contributed by atoms with Gasteiger partial charge in [-0.05, 0) is 11.6 Å². The van der Waals surface area contributed by atoms with Crippen LogP contribution in [-0.4, -0.2) is 9.97 Å². The molecule has 0 unspecified atom stereocenters. The van der Waals surface area contributed by atoms with Crippen molar-refractivity contribution in [2.24, 2.45) is 0 Å². The van der Waals surface area contributed by atoms with E-state index in [1.165, 1.54) is 6.07 Å². The number of alkyl halides is 3. The van der Waals surface area contributed by atoms with Gasteiger partial charge in [0.15, 0.2) is 0 Å². The van der Waals surface area contributed by atoms with Crippen LogP contribution < -0.4 is 5.32 Å². The van der Waals surface area contributed by atoms with Crippen LogP contribution in [0.2, 0.25) is 10.2 Å². The summed E-state index contributed by atoms with van der Waals surface area (Å²) in [7, 11) is 0. The van der Waals surface area contributed by atoms with E-state index in [9.17, 15) is 13.2 Å². The molecule has 20 heavy (non-hydrogen) atoms. The maximum atomic E-state index is 12.5. The van der Waals surface area contributed by atoms with Crippen LogP contribution in [0.1, 0.15) is 11.4 Å². The Morgan fingerprint density at radius 2 is 1.80 bits per heavy atom. The molecule has 106 valence electrons. The van der Waals surface area contributed by atoms with Crippen LogP contribution >= 0.6 is 23.2 Å². The van der Waals surface area contributed by atoms with Gasteiger partial charge >= 0.3 is 6.18 Å². The molecule has 2 aromatic rings. The molecule has 8 heteroatoms. The molecular weight excluding hydrogens is 314 g/mol. The van der Waals surface area contributed by atoms with Crippen molar-refractivity contribution in [1.82, 2.24) is 9.97 Å². The first-order valence-electron chi connectivity index (χ1n) is 5.45. The van der Waals surface area contributed by atoms with E-state index >= 15 is 0 Å². The van der Waals surface area contributed by atoms with Gasteiger partial charge in [0.05, 0.1) is 0 Å². The smallest absolute Gasteiger partial charge is 0.366 e. The second kappa shape index (κ2) is 5.85. The Balaban J connectivity index is 2.18. The Hall–Kier alpha value is -1.53. The second-order valence-corrected chi connectivity index (χ2v) is 4.64. The Morgan fingerprint density at radius 1 is 1.10 bits per heavy atom. The highest BCUT2D eigenvalue weighted by atomic mass is 35.5. The molecule has 0 bridgehead atoms. The maximum Gasteiger partial charge on any atom is 0.451 e. The van der Waals surface area contributed by atoms with Gasteiger partial charge in [-0.3, -0.25) is 0 Å². The molecule has 1 N–H and O–H groups in total. The topological polar surface area (TPSA) is 37.8 Å². The summed E-state index contributed by atoms with van der Waals surface area (Å²) in [4.78, 5) is 6.52. The number of hydrogen-bond acceptors (Lipinski definition) is 3. The summed E-state index contributed by atoms with van der Waals surface area (Å²) in [6.07, 6.45) is -4.65. The molecule has 2 rings (SSSR count). The van der Waals surface area contributed by atoms with Crippen LogP contribution in [0.4, 0.5) is 19.0 Å². The van der Waals surface area contributed by atoms with Crippen molar-refractivity contribution in [1.29, 1.82) is 0 Å². The zero-order valence-electron chi connectivity index (χ0n) is 9.88. The number of rotatable bonds is 3. The van der Waals surface area contributed by atoms with E-state index in [4.69, 9.17) is 23.2 Å². The lowest BCUT2D eigenvalue weighted by Gasteiger charge is -2.10. The van der Waals surface area contributed by atoms with Gasteiger partial charge in [-0.2, -0.15) is 13.2 Å². The van der Waals surface area contributed by atoms with Gasteiger partial charge in [-0.25, -0.2) is 9.97 Å². The van der Waals surface area contributed by atoms with Crippen molar-refractivity contribution >= 4 is 29.0 Å². The molecule has 0 radical (unpaired) electrons. The number of hydrogen-bond donors (Lipinski definition) is 1. The Morgan fingerprint density at radius 3 is 2.45 bits per heavy atom. The van der Waals surface area contributed by atoms with Gasteiger partial charge in [0.2, 0.25) is 5.82 Å². The molecule has 0 amide bonds. The van der Waals surface area contributed by atoms with Crippen LogP contribution in [0.5, 0.6) is 0 Å². The maximum absolute atomic E-state index is 12.5. The number of nitrogens with one attached hydrogen (secondary N) is 1. The molecular formula is C12H8Cl2F3N3. The lowest BCUT2D eigenvalue weighted by atomic mass is 10.2. The average molecular weight is 322 g/mol. The molecule has 0 atom stereocenters. The molecule has 0 fully saturated rings. The van der Waals surface area contributed by atoms with Gasteiger partial charge in [0.25, 0.3) is 0 Å². The predicted molar refractivity (Wildman–Crippen MR) is 70.8 cm³/mol. The number of aromatic nitrogens is 2. The highest BCUT2D eigenvalue weighted by Crippen LogP contribution is 2.28. The fourth-order valence-corrected chi connectivity index (χ4v) is 1.85. The van der Waals surface area contributed by atoms with Crippen LogP contribution in [0.15, 0.2) is 30.3 Å². The van der Waals surface area contributed by atoms with Crippen LogP contribution in [0.25, 0.3) is 0 Å². The zero-order valence-corrected chi connectivity index (χ0v) is 11.4. The Kier molecular flexibility index (Phi) is 4.35. The third-order valence-electron chi connectivity index (χ3n) is 2.37. The molecule has 1 aromatic carbocycles. The van der Waals surface area contributed by atoms with Crippen LogP contribution in [-0.2, 0) is 12.7 Å². The minimum atomic E-state index is -4.65. The molecule has 0 spiro atoms. The van der Waals surface area contributed by atoms with Crippen LogP contribution in [0.3, 0.4) is 0 Å². The highest BCUT2D eigenvalue weighted by Gasteiger charge is 2.35. The fourth-order valence-electron chi connectivity index (χ4n) is 1.46. The first-order chi connectivity index (χ1) is 9.36. The largest absolute Gasteiger partial charge is 0.451 e. The molecule has 0 saturated heterocycles. The molecule has 1 aromatic heterocycles. The minimum Gasteiger partial charge on any atom is -0.366 e. The minimum absolute atomic E-state index is 0.0164. The first-order valence-corrected chi connectivity index (χ1v) is 6.21. The lowest BCUT2D eigenvalue weighted by Crippen LogP contribution is -2.13. The fraction of sp³-hybridized carbons (Fsp3) is 0.167. The van der Waals surface area contributed by atoms with Gasteiger partial charge in [-0.1, -0.05) is 41.4 Å². The van der Waals surface area contributed by atoms with Gasteiger partial charge in [0.1, 0.15) is 11.0 Å². The quantitative estimate of drug-likeness (QED) is 0.851. The van der Waals surface area contributed by atoms with Gasteiger partial charge in [-0.15, -0.1) is 0 Å². The number of benzene rings is 1. The Bertz CT molecular complexity index is 617. The lowest BCUT2D eigenvalue weighted by molar-refractivity contribution is -0.144. The molecule has 0 saturated carbocycles. The summed E-state index contributed by atoms with van der Waals surface area (Å²) >= 11 is 11.5. The van der Waals surface area contributed by atoms with E-state index in [0.29, 0.717) is 5.02 Å². The zero-order chi connectivity index (χ0) is 14.8. The SMILES string of the molecule is FC(F)(F)c1nc(Cl)cc(NCc2ccccc2Cl)n1. The molecule has 3 nitrogen and oxygen atoms in total. The number of anilines is 1. The third-order valence-corrected chi connectivity index (χ3v) is 2.93. The van der Waals surface area contributed by atoms with E-state index in [1.54, 1.807) is 24.3 Å². The van der Waals surface area contributed by atoms with Crippen molar-refractivity contribution in [3.05, 3.63) is 51.9 Å². The van der Waals surface area contributed by atoms with Crippen LogP contribution in [0, 0.1) is 0 Å². The normalized spacial score (nSPS) is 11.4. The summed E-state index contributed by atoms with van der Waals surface area (Å²) in [5.74, 6) is -1.30. The van der Waals surface area contributed by atoms with Crippen molar-refractivity contribution in [2.75, 3.05) is 5.32 Å². The van der Waals surface area contributed by atoms with E-state index < -0.39 is 12.0 Å². The first kappa shape index (κ1) is 14.9. The van der Waals surface area contributed by atoms with Crippen molar-refractivity contribution in [3.8, 4) is 0 Å². The van der Waals surface area contributed by atoms with Crippen molar-refractivity contribution < 1.29 is 13.2 Å². The predicted octanol–water partition coefficient (Wildman–Crippen LogP) is 4.41. The average Bonchev–Trinajstić information content (AvgIpc) is 2.36. The summed E-state index contributed by atoms with van der Waals surface area (Å²) in [6, 6.07) is 8.19. The molecule has 0 aliphatic heterocycles. The summed E-state index contributed by atoms with van der Waals surface area (Å²) in [6.45, 7) is 0.227. The number of halogens is 5. The summed E-state index contributed by atoms with van der Waals surface area (Å²) in [5, 5.41) is 2.96. The van der Waals surface area contributed by atoms with Crippen molar-refractivity contribution in [2.45, 2.75) is 12.7 Å². The van der Waals surface area contributed by atoms with E-state index in [2.05, 4.69) is 15.3 Å². The van der Waals surface area contributed by atoms with Crippen molar-refractivity contribution in [3.63, 3.8) is 0 Å². The number of nitrogens with zero attached hydrogens (tertiary/aromatic N) is 2. The summed E-state index contributed by atoms with van der Waals surface area (Å²) in [5.41, 5.74) is 0.734. The van der Waals surface area contributed by atoms with Gasteiger partial charge < -0.3 is 5.32 Å². The second-order valence-electron chi connectivity index (χ2n) is 3.84. The van der Waals surface area contributed by atoms with Gasteiger partial charge in [0, 0.05) is 17.6 Å². The van der Waals surface area contributed by atoms with E-state index in [1.807, 2.05) is 0 Å². The summed E-state index contributed by atoms with van der Waals surface area (Å²) < 4.78 is 37.6.